The van der Waals surface area contributed by atoms with Gasteiger partial charge in [0.25, 0.3) is 0 Å². The summed E-state index contributed by atoms with van der Waals surface area (Å²) >= 11 is 1.49. The number of nitrogens with one attached hydrogen (secondary N) is 2. The number of oxazole rings is 1. The Morgan fingerprint density at radius 2 is 1.88 bits per heavy atom. The van der Waals surface area contributed by atoms with Crippen molar-refractivity contribution in [3.05, 3.63) is 46.9 Å². The van der Waals surface area contributed by atoms with Gasteiger partial charge in [-0.05, 0) is 42.7 Å². The number of rotatable bonds is 10. The van der Waals surface area contributed by atoms with Crippen LogP contribution in [-0.2, 0) is 21.9 Å². The number of anilines is 1. The Hall–Kier alpha value is -2.96. The topological polar surface area (TPSA) is 129 Å². The summed E-state index contributed by atoms with van der Waals surface area (Å²) in [6.07, 6.45) is 2.13. The van der Waals surface area contributed by atoms with E-state index in [1.807, 2.05) is 6.26 Å². The molecule has 1 heterocycles. The first-order valence-corrected chi connectivity index (χ1v) is 12.7. The molecule has 2 aromatic carbocycles. The number of carbonyl (C=O) groups excluding carboxylic acids is 1. The molecule has 0 unspecified atom stereocenters. The summed E-state index contributed by atoms with van der Waals surface area (Å²) in [4.78, 5) is 24.5. The molecular formula is C21H25N3O7S2. The largest absolute Gasteiger partial charge is 0.493 e. The number of methoxy groups -OCH3 is 2. The molecule has 0 radical (unpaired) electrons. The number of carbonyl (C=O) groups is 1. The van der Waals surface area contributed by atoms with E-state index in [1.54, 1.807) is 18.2 Å². The zero-order valence-electron chi connectivity index (χ0n) is 18.6. The quantitative estimate of drug-likeness (QED) is 0.438. The third-order valence-corrected chi connectivity index (χ3v) is 7.06. The second kappa shape index (κ2) is 10.3. The van der Waals surface area contributed by atoms with Crippen molar-refractivity contribution in [3.8, 4) is 11.5 Å². The minimum absolute atomic E-state index is 0.114. The van der Waals surface area contributed by atoms with Crippen LogP contribution < -0.4 is 25.3 Å². The number of benzene rings is 2. The lowest BCUT2D eigenvalue weighted by Crippen LogP contribution is -2.44. The Morgan fingerprint density at radius 3 is 2.55 bits per heavy atom. The molecule has 0 aliphatic heterocycles. The number of ether oxygens (including phenoxy) is 2. The van der Waals surface area contributed by atoms with E-state index < -0.39 is 27.7 Å². The summed E-state index contributed by atoms with van der Waals surface area (Å²) in [6, 6.07) is 7.92. The van der Waals surface area contributed by atoms with Gasteiger partial charge in [0.1, 0.15) is 6.04 Å². The fourth-order valence-electron chi connectivity index (χ4n) is 3.16. The molecular weight excluding hydrogens is 470 g/mol. The van der Waals surface area contributed by atoms with Gasteiger partial charge >= 0.3 is 5.76 Å². The van der Waals surface area contributed by atoms with E-state index in [0.29, 0.717) is 28.5 Å². The molecule has 1 amide bonds. The van der Waals surface area contributed by atoms with Crippen LogP contribution in [0.1, 0.15) is 6.42 Å². The number of aromatic nitrogens is 1. The van der Waals surface area contributed by atoms with E-state index in [-0.39, 0.29) is 16.9 Å². The van der Waals surface area contributed by atoms with Gasteiger partial charge in [0.2, 0.25) is 15.9 Å². The molecule has 0 saturated heterocycles. The van der Waals surface area contributed by atoms with Crippen molar-refractivity contribution in [2.75, 3.05) is 31.5 Å². The Balaban J connectivity index is 1.84. The van der Waals surface area contributed by atoms with E-state index in [2.05, 4.69) is 10.0 Å². The standard InChI is InChI=1S/C21H25N3O7S2/c1-24-16-7-6-14(12-18(16)31-21(24)26)33(27,28)23-15(9-10-32-4)20(25)22-13-5-8-17(29-2)19(11-13)30-3/h5-8,11-12,15,23H,9-10H2,1-4H3,(H,22,25)/t15-/m1/s1. The number of aryl methyl sites for hydroxylation is 1. The van der Waals surface area contributed by atoms with Crippen LogP contribution in [-0.4, -0.2) is 51.2 Å². The van der Waals surface area contributed by atoms with Crippen molar-refractivity contribution in [3.63, 3.8) is 0 Å². The summed E-state index contributed by atoms with van der Waals surface area (Å²) in [5.41, 5.74) is 1.03. The first-order chi connectivity index (χ1) is 15.7. The summed E-state index contributed by atoms with van der Waals surface area (Å²) in [5.74, 6) is 0.359. The van der Waals surface area contributed by atoms with Gasteiger partial charge in [-0.15, -0.1) is 0 Å². The first-order valence-electron chi connectivity index (χ1n) is 9.84. The van der Waals surface area contributed by atoms with Crippen LogP contribution >= 0.6 is 11.8 Å². The van der Waals surface area contributed by atoms with Gasteiger partial charge in [-0.25, -0.2) is 13.2 Å². The molecule has 10 nitrogen and oxygen atoms in total. The fourth-order valence-corrected chi connectivity index (χ4v) is 4.88. The van der Waals surface area contributed by atoms with E-state index in [0.717, 1.165) is 0 Å². The van der Waals surface area contributed by atoms with Crippen LogP contribution in [0.25, 0.3) is 11.1 Å². The Labute approximate surface area is 195 Å². The number of hydrogen-bond acceptors (Lipinski definition) is 8. The molecule has 1 aromatic heterocycles. The summed E-state index contributed by atoms with van der Waals surface area (Å²) in [7, 11) is 0.421. The van der Waals surface area contributed by atoms with E-state index in [1.165, 1.54) is 55.8 Å². The van der Waals surface area contributed by atoms with E-state index >= 15 is 0 Å². The molecule has 3 rings (SSSR count). The van der Waals surface area contributed by atoms with E-state index in [4.69, 9.17) is 13.9 Å². The van der Waals surface area contributed by atoms with Crippen LogP contribution in [0.5, 0.6) is 11.5 Å². The highest BCUT2D eigenvalue weighted by molar-refractivity contribution is 7.98. The molecule has 2 N–H and O–H groups in total. The molecule has 12 heteroatoms. The summed E-state index contributed by atoms with van der Waals surface area (Å²) in [6.45, 7) is 0. The molecule has 0 spiro atoms. The van der Waals surface area contributed by atoms with Gasteiger partial charge in [-0.1, -0.05) is 0 Å². The SMILES string of the molecule is COc1ccc(NC(=O)[C@@H](CCSC)NS(=O)(=O)c2ccc3c(c2)oc(=O)n3C)cc1OC. The molecule has 0 bridgehead atoms. The zero-order valence-corrected chi connectivity index (χ0v) is 20.2. The van der Waals surface area contributed by atoms with Crippen molar-refractivity contribution >= 4 is 44.5 Å². The van der Waals surface area contributed by atoms with Crippen LogP contribution in [0, 0.1) is 0 Å². The van der Waals surface area contributed by atoms with Gasteiger partial charge in [0, 0.05) is 24.9 Å². The molecule has 3 aromatic rings. The predicted octanol–water partition coefficient (Wildman–Crippen LogP) is 2.19. The molecule has 33 heavy (non-hydrogen) atoms. The van der Waals surface area contributed by atoms with Crippen LogP contribution in [0.4, 0.5) is 5.69 Å². The highest BCUT2D eigenvalue weighted by atomic mass is 32.2. The number of nitrogens with zero attached hydrogens (tertiary/aromatic N) is 1. The van der Waals surface area contributed by atoms with Crippen molar-refractivity contribution in [2.24, 2.45) is 7.05 Å². The van der Waals surface area contributed by atoms with Crippen LogP contribution in [0.2, 0.25) is 0 Å². The van der Waals surface area contributed by atoms with Crippen molar-refractivity contribution in [2.45, 2.75) is 17.4 Å². The minimum atomic E-state index is -4.08. The van der Waals surface area contributed by atoms with Gasteiger partial charge in [-0.3, -0.25) is 9.36 Å². The summed E-state index contributed by atoms with van der Waals surface area (Å²) < 4.78 is 45.3. The highest BCUT2D eigenvalue weighted by Gasteiger charge is 2.26. The smallest absolute Gasteiger partial charge is 0.419 e. The second-order valence-electron chi connectivity index (χ2n) is 7.07. The molecule has 178 valence electrons. The second-order valence-corrected chi connectivity index (χ2v) is 9.77. The van der Waals surface area contributed by atoms with Gasteiger partial charge in [-0.2, -0.15) is 16.5 Å². The number of amides is 1. The molecule has 1 atom stereocenters. The maximum absolute atomic E-state index is 13.0. The third kappa shape index (κ3) is 5.52. The minimum Gasteiger partial charge on any atom is -0.493 e. The van der Waals surface area contributed by atoms with Gasteiger partial charge in [0.05, 0.1) is 24.6 Å². The number of sulfonamides is 1. The Bertz CT molecular complexity index is 1320. The van der Waals surface area contributed by atoms with Crippen LogP contribution in [0.3, 0.4) is 0 Å². The van der Waals surface area contributed by atoms with Crippen molar-refractivity contribution in [1.82, 2.24) is 9.29 Å². The first kappa shape index (κ1) is 24.7. The average Bonchev–Trinajstić information content (AvgIpc) is 3.09. The normalized spacial score (nSPS) is 12.5. The number of fused-ring (bicyclic) bond motifs is 1. The predicted molar refractivity (Wildman–Crippen MR) is 127 cm³/mol. The lowest BCUT2D eigenvalue weighted by atomic mass is 10.2. The number of thioether (sulfide) groups is 1. The van der Waals surface area contributed by atoms with Gasteiger partial charge in [0.15, 0.2) is 17.1 Å². The third-order valence-electron chi connectivity index (χ3n) is 4.95. The van der Waals surface area contributed by atoms with E-state index in [9.17, 15) is 18.0 Å². The Morgan fingerprint density at radius 1 is 1.15 bits per heavy atom. The van der Waals surface area contributed by atoms with Crippen LogP contribution in [0.15, 0.2) is 50.5 Å². The summed E-state index contributed by atoms with van der Waals surface area (Å²) in [5, 5.41) is 2.72. The maximum atomic E-state index is 13.0. The average molecular weight is 496 g/mol. The fraction of sp³-hybridized carbons (Fsp3) is 0.333. The molecule has 0 aliphatic rings. The molecule has 0 aliphatic carbocycles. The number of hydrogen-bond donors (Lipinski definition) is 2. The molecule has 0 fully saturated rings. The lowest BCUT2D eigenvalue weighted by Gasteiger charge is -2.19. The van der Waals surface area contributed by atoms with Crippen molar-refractivity contribution < 1.29 is 27.1 Å². The highest BCUT2D eigenvalue weighted by Crippen LogP contribution is 2.30. The van der Waals surface area contributed by atoms with Crippen molar-refractivity contribution in [1.29, 1.82) is 0 Å². The molecule has 0 saturated carbocycles. The maximum Gasteiger partial charge on any atom is 0.419 e. The lowest BCUT2D eigenvalue weighted by molar-refractivity contribution is -0.117. The Kier molecular flexibility index (Phi) is 7.72. The zero-order chi connectivity index (χ0) is 24.2. The van der Waals surface area contributed by atoms with Gasteiger partial charge < -0.3 is 19.2 Å². The monoisotopic (exact) mass is 495 g/mol.